The molecule has 0 saturated carbocycles. The van der Waals surface area contributed by atoms with E-state index < -0.39 is 0 Å². The van der Waals surface area contributed by atoms with Crippen LogP contribution < -0.4 is 5.32 Å². The zero-order valence-corrected chi connectivity index (χ0v) is 9.63. The Balaban J connectivity index is 2.02. The Morgan fingerprint density at radius 1 is 1.50 bits per heavy atom. The van der Waals surface area contributed by atoms with Gasteiger partial charge in [0.25, 0.3) is 0 Å². The van der Waals surface area contributed by atoms with Crippen LogP contribution in [0.2, 0.25) is 0 Å². The molecule has 84 valence electrons. The number of anilines is 1. The van der Waals surface area contributed by atoms with Crippen molar-refractivity contribution in [1.82, 2.24) is 0 Å². The molecule has 16 heavy (non-hydrogen) atoms. The first-order valence-electron chi connectivity index (χ1n) is 5.23. The Bertz CT molecular complexity index is 400. The zero-order chi connectivity index (χ0) is 11.4. The standard InChI is InChI=1S/C12H13NO2S/c14-7-9-2-1-3-11(6-9)13-12(15)10-4-5-16-8-10/h1-3,6-7,10H,4-5,8H2,(H,13,15). The van der Waals surface area contributed by atoms with Crippen LogP contribution in [0.3, 0.4) is 0 Å². The first-order chi connectivity index (χ1) is 7.79. The van der Waals surface area contributed by atoms with Gasteiger partial charge in [0.1, 0.15) is 6.29 Å². The summed E-state index contributed by atoms with van der Waals surface area (Å²) in [7, 11) is 0. The molecule has 0 spiro atoms. The SMILES string of the molecule is O=Cc1cccc(NC(=O)C2CCSC2)c1. The van der Waals surface area contributed by atoms with Crippen molar-refractivity contribution in [3.05, 3.63) is 29.8 Å². The summed E-state index contributed by atoms with van der Waals surface area (Å²) < 4.78 is 0. The van der Waals surface area contributed by atoms with Gasteiger partial charge in [-0.15, -0.1) is 0 Å². The molecule has 1 aromatic carbocycles. The number of carbonyl (C=O) groups is 2. The third-order valence-corrected chi connectivity index (χ3v) is 3.75. The van der Waals surface area contributed by atoms with Gasteiger partial charge in [0.2, 0.25) is 5.91 Å². The first kappa shape index (κ1) is 11.2. The number of benzene rings is 1. The molecule has 1 heterocycles. The van der Waals surface area contributed by atoms with Crippen LogP contribution in [-0.4, -0.2) is 23.7 Å². The second-order valence-electron chi connectivity index (χ2n) is 3.79. The summed E-state index contributed by atoms with van der Waals surface area (Å²) in [5.74, 6) is 2.14. The van der Waals surface area contributed by atoms with E-state index in [2.05, 4.69) is 5.32 Å². The van der Waals surface area contributed by atoms with E-state index in [1.54, 1.807) is 24.3 Å². The molecule has 1 aliphatic heterocycles. The molecule has 1 unspecified atom stereocenters. The maximum absolute atomic E-state index is 11.8. The van der Waals surface area contributed by atoms with Gasteiger partial charge >= 0.3 is 0 Å². The molecule has 1 atom stereocenters. The first-order valence-corrected chi connectivity index (χ1v) is 6.39. The van der Waals surface area contributed by atoms with Crippen molar-refractivity contribution in [2.45, 2.75) is 6.42 Å². The van der Waals surface area contributed by atoms with Crippen molar-refractivity contribution >= 4 is 29.6 Å². The number of aldehydes is 1. The lowest BCUT2D eigenvalue weighted by Gasteiger charge is -2.09. The summed E-state index contributed by atoms with van der Waals surface area (Å²) in [5, 5.41) is 2.85. The van der Waals surface area contributed by atoms with E-state index in [1.807, 2.05) is 11.8 Å². The molecule has 2 rings (SSSR count). The predicted octanol–water partition coefficient (Wildman–Crippen LogP) is 2.19. The highest BCUT2D eigenvalue weighted by Gasteiger charge is 2.22. The number of nitrogens with one attached hydrogen (secondary N) is 1. The number of hydrogen-bond donors (Lipinski definition) is 1. The van der Waals surface area contributed by atoms with Gasteiger partial charge in [-0.3, -0.25) is 9.59 Å². The van der Waals surface area contributed by atoms with Crippen LogP contribution >= 0.6 is 11.8 Å². The zero-order valence-electron chi connectivity index (χ0n) is 8.81. The van der Waals surface area contributed by atoms with E-state index in [9.17, 15) is 9.59 Å². The average molecular weight is 235 g/mol. The quantitative estimate of drug-likeness (QED) is 0.817. The number of thioether (sulfide) groups is 1. The fraction of sp³-hybridized carbons (Fsp3) is 0.333. The molecule has 1 fully saturated rings. The second-order valence-corrected chi connectivity index (χ2v) is 4.94. The highest BCUT2D eigenvalue weighted by molar-refractivity contribution is 7.99. The lowest BCUT2D eigenvalue weighted by atomic mass is 10.1. The Morgan fingerprint density at radius 2 is 2.38 bits per heavy atom. The highest BCUT2D eigenvalue weighted by Crippen LogP contribution is 2.24. The summed E-state index contributed by atoms with van der Waals surface area (Å²) >= 11 is 1.81. The normalized spacial score (nSPS) is 19.4. The molecule has 3 nitrogen and oxygen atoms in total. The Labute approximate surface area is 98.6 Å². The van der Waals surface area contributed by atoms with E-state index in [0.29, 0.717) is 11.3 Å². The van der Waals surface area contributed by atoms with Crippen LogP contribution in [0.1, 0.15) is 16.8 Å². The van der Waals surface area contributed by atoms with Gasteiger partial charge in [0, 0.05) is 22.9 Å². The summed E-state index contributed by atoms with van der Waals surface area (Å²) in [5.41, 5.74) is 1.28. The van der Waals surface area contributed by atoms with Crippen LogP contribution in [0.4, 0.5) is 5.69 Å². The molecule has 1 amide bonds. The maximum Gasteiger partial charge on any atom is 0.228 e. The van der Waals surface area contributed by atoms with Crippen LogP contribution in [-0.2, 0) is 4.79 Å². The van der Waals surface area contributed by atoms with E-state index in [-0.39, 0.29) is 11.8 Å². The van der Waals surface area contributed by atoms with E-state index in [1.165, 1.54) is 0 Å². The molecule has 1 aromatic rings. The van der Waals surface area contributed by atoms with Crippen LogP contribution in [0.25, 0.3) is 0 Å². The summed E-state index contributed by atoms with van der Waals surface area (Å²) in [6.07, 6.45) is 1.73. The van der Waals surface area contributed by atoms with Gasteiger partial charge in [-0.2, -0.15) is 11.8 Å². The molecule has 1 aliphatic rings. The Hall–Kier alpha value is -1.29. The van der Waals surface area contributed by atoms with Gasteiger partial charge in [-0.1, -0.05) is 12.1 Å². The molecule has 1 saturated heterocycles. The summed E-state index contributed by atoms with van der Waals surface area (Å²) in [6, 6.07) is 6.97. The van der Waals surface area contributed by atoms with Crippen molar-refractivity contribution in [2.24, 2.45) is 5.92 Å². The van der Waals surface area contributed by atoms with Crippen LogP contribution in [0.15, 0.2) is 24.3 Å². The number of hydrogen-bond acceptors (Lipinski definition) is 3. The fourth-order valence-electron chi connectivity index (χ4n) is 1.68. The third-order valence-electron chi connectivity index (χ3n) is 2.59. The van der Waals surface area contributed by atoms with Crippen molar-refractivity contribution < 1.29 is 9.59 Å². The summed E-state index contributed by atoms with van der Waals surface area (Å²) in [6.45, 7) is 0. The van der Waals surface area contributed by atoms with Gasteiger partial charge in [0.15, 0.2) is 0 Å². The predicted molar refractivity (Wildman–Crippen MR) is 65.9 cm³/mol. The average Bonchev–Trinajstić information content (AvgIpc) is 2.83. The van der Waals surface area contributed by atoms with Crippen LogP contribution in [0, 0.1) is 5.92 Å². The minimum Gasteiger partial charge on any atom is -0.326 e. The van der Waals surface area contributed by atoms with Crippen molar-refractivity contribution in [2.75, 3.05) is 16.8 Å². The molecule has 4 heteroatoms. The molecule has 0 bridgehead atoms. The van der Waals surface area contributed by atoms with E-state index in [0.717, 1.165) is 24.2 Å². The van der Waals surface area contributed by atoms with E-state index in [4.69, 9.17) is 0 Å². The maximum atomic E-state index is 11.8. The Kier molecular flexibility index (Phi) is 3.62. The molecule has 0 aromatic heterocycles. The number of rotatable bonds is 3. The Morgan fingerprint density at radius 3 is 3.06 bits per heavy atom. The van der Waals surface area contributed by atoms with Gasteiger partial charge in [-0.25, -0.2) is 0 Å². The monoisotopic (exact) mass is 235 g/mol. The molecule has 0 radical (unpaired) electrons. The lowest BCUT2D eigenvalue weighted by molar-refractivity contribution is -0.119. The second kappa shape index (κ2) is 5.16. The molecule has 1 N–H and O–H groups in total. The number of amides is 1. The lowest BCUT2D eigenvalue weighted by Crippen LogP contribution is -2.22. The molecular formula is C12H13NO2S. The minimum atomic E-state index is 0.0630. The minimum absolute atomic E-state index is 0.0630. The smallest absolute Gasteiger partial charge is 0.228 e. The topological polar surface area (TPSA) is 46.2 Å². The number of carbonyl (C=O) groups excluding carboxylic acids is 2. The molecular weight excluding hydrogens is 222 g/mol. The summed E-state index contributed by atoms with van der Waals surface area (Å²) in [4.78, 5) is 22.4. The van der Waals surface area contributed by atoms with Gasteiger partial charge in [-0.05, 0) is 24.3 Å². The van der Waals surface area contributed by atoms with Crippen molar-refractivity contribution in [3.8, 4) is 0 Å². The van der Waals surface area contributed by atoms with Gasteiger partial charge < -0.3 is 5.32 Å². The van der Waals surface area contributed by atoms with Crippen LogP contribution in [0.5, 0.6) is 0 Å². The molecule has 0 aliphatic carbocycles. The van der Waals surface area contributed by atoms with Gasteiger partial charge in [0.05, 0.1) is 0 Å². The van der Waals surface area contributed by atoms with E-state index >= 15 is 0 Å². The highest BCUT2D eigenvalue weighted by atomic mass is 32.2. The largest absolute Gasteiger partial charge is 0.326 e. The van der Waals surface area contributed by atoms with Crippen molar-refractivity contribution in [1.29, 1.82) is 0 Å². The third kappa shape index (κ3) is 2.64. The van der Waals surface area contributed by atoms with Crippen molar-refractivity contribution in [3.63, 3.8) is 0 Å². The fourth-order valence-corrected chi connectivity index (χ4v) is 2.90.